The third kappa shape index (κ3) is 5.64. The minimum absolute atomic E-state index is 0.0429. The van der Waals surface area contributed by atoms with E-state index in [4.69, 9.17) is 27.1 Å². The molecule has 13 heteroatoms. The number of fused-ring (bicyclic) bond motifs is 1. The predicted octanol–water partition coefficient (Wildman–Crippen LogP) is 4.25. The van der Waals surface area contributed by atoms with E-state index in [0.29, 0.717) is 49.5 Å². The minimum Gasteiger partial charge on any atom is -0.462 e. The van der Waals surface area contributed by atoms with Crippen LogP contribution in [0.5, 0.6) is 6.01 Å². The van der Waals surface area contributed by atoms with Gasteiger partial charge in [-0.05, 0) is 56.8 Å². The maximum absolute atomic E-state index is 13.9. The Hall–Kier alpha value is -3.64. The van der Waals surface area contributed by atoms with Gasteiger partial charge in [0, 0.05) is 43.2 Å². The second-order valence-electron chi connectivity index (χ2n) is 9.91. The fourth-order valence-corrected chi connectivity index (χ4v) is 5.39. The number of piperazine rings is 1. The summed E-state index contributed by atoms with van der Waals surface area (Å²) in [5.41, 5.74) is 4.81. The van der Waals surface area contributed by atoms with Crippen LogP contribution in [0.25, 0.3) is 22.2 Å². The van der Waals surface area contributed by atoms with E-state index in [-0.39, 0.29) is 40.1 Å². The molecule has 1 aromatic carbocycles. The number of ether oxygens (including phenoxy) is 1. The normalized spacial score (nSPS) is 18.4. The number of alkyl halides is 3. The van der Waals surface area contributed by atoms with Crippen molar-refractivity contribution in [3.63, 3.8) is 0 Å². The Morgan fingerprint density at radius 3 is 2.58 bits per heavy atom. The van der Waals surface area contributed by atoms with Crippen LogP contribution in [0, 0.1) is 0 Å². The first-order chi connectivity index (χ1) is 19.0. The molecule has 2 fully saturated rings. The van der Waals surface area contributed by atoms with Gasteiger partial charge in [-0.3, -0.25) is 4.79 Å². The molecule has 212 valence electrons. The predicted molar refractivity (Wildman–Crippen MR) is 147 cm³/mol. The van der Waals surface area contributed by atoms with Gasteiger partial charge in [0.2, 0.25) is 5.91 Å². The van der Waals surface area contributed by atoms with Crippen LogP contribution in [0.1, 0.15) is 18.4 Å². The van der Waals surface area contributed by atoms with Crippen molar-refractivity contribution in [2.24, 2.45) is 0 Å². The van der Waals surface area contributed by atoms with Crippen molar-refractivity contribution in [2.75, 3.05) is 57.0 Å². The maximum Gasteiger partial charge on any atom is 0.418 e. The van der Waals surface area contributed by atoms with Crippen LogP contribution in [-0.2, 0) is 11.0 Å². The van der Waals surface area contributed by atoms with Crippen molar-refractivity contribution in [3.8, 4) is 17.3 Å². The van der Waals surface area contributed by atoms with E-state index in [1.807, 2.05) is 11.9 Å². The number of pyridine rings is 1. The fourth-order valence-electron chi connectivity index (χ4n) is 5.14. The van der Waals surface area contributed by atoms with E-state index in [0.717, 1.165) is 31.5 Å². The van der Waals surface area contributed by atoms with Crippen LogP contribution in [0.15, 0.2) is 36.9 Å². The van der Waals surface area contributed by atoms with Crippen LogP contribution < -0.4 is 15.4 Å². The molecule has 2 aliphatic rings. The lowest BCUT2D eigenvalue weighted by Crippen LogP contribution is -2.48. The zero-order valence-electron chi connectivity index (χ0n) is 21.9. The van der Waals surface area contributed by atoms with Crippen LogP contribution in [0.2, 0.25) is 5.02 Å². The molecule has 1 amide bonds. The summed E-state index contributed by atoms with van der Waals surface area (Å²) >= 11 is 6.59. The van der Waals surface area contributed by atoms with E-state index in [9.17, 15) is 18.0 Å². The van der Waals surface area contributed by atoms with Crippen molar-refractivity contribution in [2.45, 2.75) is 25.1 Å². The standard InChI is InChI=1S/C27H29ClF3N7O2/c1-3-23(39)37-9-11-38(12-10-37)25-18-13-20(28)17(24-19(27(29,30)31)6-7-22(32)34-24)14-21(18)33-26(35-25)40-15-16-5-4-8-36(16)2/h3,6-7,13-14,16H,1,4-5,8-12,15H2,2H3,(H2,32,34)/t16-/m0/s1. The van der Waals surface area contributed by atoms with Crippen molar-refractivity contribution in [3.05, 3.63) is 47.5 Å². The molecule has 2 N–H and O–H groups in total. The summed E-state index contributed by atoms with van der Waals surface area (Å²) in [6.45, 7) is 6.76. The van der Waals surface area contributed by atoms with E-state index >= 15 is 0 Å². The summed E-state index contributed by atoms with van der Waals surface area (Å²) in [5, 5.41) is 0.586. The number of nitrogens with zero attached hydrogens (tertiary/aromatic N) is 6. The van der Waals surface area contributed by atoms with Gasteiger partial charge in [-0.2, -0.15) is 23.1 Å². The molecule has 9 nitrogen and oxygen atoms in total. The number of nitrogen functional groups attached to an aromatic ring is 1. The molecule has 2 saturated heterocycles. The Labute approximate surface area is 234 Å². The SMILES string of the molecule is C=CC(=O)N1CCN(c2nc(OC[C@@H]3CCCN3C)nc3cc(-c4nc(N)ccc4C(F)(F)F)c(Cl)cc23)CC1. The topological polar surface area (TPSA) is 101 Å². The first-order valence-electron chi connectivity index (χ1n) is 12.9. The van der Waals surface area contributed by atoms with Gasteiger partial charge in [0.15, 0.2) is 0 Å². The number of likely N-dealkylation sites (N-methyl/N-ethyl adjacent to an activating group) is 1. The first kappa shape index (κ1) is 27.9. The highest BCUT2D eigenvalue weighted by atomic mass is 35.5. The molecular weight excluding hydrogens is 547 g/mol. The van der Waals surface area contributed by atoms with Crippen LogP contribution in [0.4, 0.5) is 24.8 Å². The summed E-state index contributed by atoms with van der Waals surface area (Å²) in [6, 6.07) is 5.32. The maximum atomic E-state index is 13.9. The number of anilines is 2. The highest BCUT2D eigenvalue weighted by molar-refractivity contribution is 6.34. The molecule has 4 heterocycles. The highest BCUT2D eigenvalue weighted by Crippen LogP contribution is 2.41. The van der Waals surface area contributed by atoms with E-state index in [2.05, 4.69) is 21.4 Å². The number of aromatic nitrogens is 3. The second kappa shape index (κ2) is 11.1. The minimum atomic E-state index is -4.67. The average molecular weight is 576 g/mol. The van der Waals surface area contributed by atoms with E-state index < -0.39 is 11.7 Å². The summed E-state index contributed by atoms with van der Waals surface area (Å²) in [6.07, 6.45) is -1.34. The third-order valence-electron chi connectivity index (χ3n) is 7.36. The lowest BCUT2D eigenvalue weighted by molar-refractivity contribution is -0.137. The lowest BCUT2D eigenvalue weighted by atomic mass is 10.0. The van der Waals surface area contributed by atoms with Gasteiger partial charge < -0.3 is 25.2 Å². The molecule has 1 atom stereocenters. The fraction of sp³-hybridized carbons (Fsp3) is 0.407. The third-order valence-corrected chi connectivity index (χ3v) is 7.68. The number of likely N-dealkylation sites (tertiary alicyclic amines) is 1. The number of halogens is 4. The van der Waals surface area contributed by atoms with Gasteiger partial charge in [-0.15, -0.1) is 0 Å². The number of nitrogens with two attached hydrogens (primary N) is 1. The summed E-state index contributed by atoms with van der Waals surface area (Å²) in [7, 11) is 2.03. The Bertz CT molecular complexity index is 1440. The molecule has 0 spiro atoms. The number of hydrogen-bond acceptors (Lipinski definition) is 8. The summed E-state index contributed by atoms with van der Waals surface area (Å²) in [4.78, 5) is 31.2. The number of amides is 1. The quantitative estimate of drug-likeness (QED) is 0.435. The largest absolute Gasteiger partial charge is 0.462 e. The highest BCUT2D eigenvalue weighted by Gasteiger charge is 2.35. The van der Waals surface area contributed by atoms with Crippen LogP contribution >= 0.6 is 11.6 Å². The summed E-state index contributed by atoms with van der Waals surface area (Å²) < 4.78 is 47.6. The van der Waals surface area contributed by atoms with Crippen molar-refractivity contribution in [1.82, 2.24) is 24.8 Å². The molecule has 0 unspecified atom stereocenters. The van der Waals surface area contributed by atoms with Gasteiger partial charge in [0.1, 0.15) is 18.2 Å². The van der Waals surface area contributed by atoms with Crippen molar-refractivity contribution in [1.29, 1.82) is 0 Å². The molecule has 3 aromatic rings. The number of carbonyl (C=O) groups is 1. The van der Waals surface area contributed by atoms with Crippen LogP contribution in [0.3, 0.4) is 0 Å². The number of rotatable bonds is 6. The van der Waals surface area contributed by atoms with Crippen molar-refractivity contribution < 1.29 is 22.7 Å². The second-order valence-corrected chi connectivity index (χ2v) is 10.3. The molecule has 40 heavy (non-hydrogen) atoms. The molecule has 0 aliphatic carbocycles. The Balaban J connectivity index is 1.58. The number of carbonyl (C=O) groups excluding carboxylic acids is 1. The van der Waals surface area contributed by atoms with Gasteiger partial charge in [0.05, 0.1) is 21.8 Å². The zero-order chi connectivity index (χ0) is 28.6. The molecule has 0 radical (unpaired) electrons. The van der Waals surface area contributed by atoms with E-state index in [1.54, 1.807) is 11.0 Å². The average Bonchev–Trinajstić information content (AvgIpc) is 3.34. The Kier molecular flexibility index (Phi) is 7.74. The van der Waals surface area contributed by atoms with Crippen molar-refractivity contribution >= 4 is 40.0 Å². The Morgan fingerprint density at radius 1 is 1.18 bits per heavy atom. The van der Waals surface area contributed by atoms with Gasteiger partial charge in [0.25, 0.3) is 0 Å². The van der Waals surface area contributed by atoms with Crippen LogP contribution in [-0.4, -0.2) is 83.1 Å². The molecular formula is C27H29ClF3N7O2. The molecule has 2 aliphatic heterocycles. The number of hydrogen-bond donors (Lipinski definition) is 1. The van der Waals surface area contributed by atoms with Gasteiger partial charge in [-0.1, -0.05) is 18.2 Å². The lowest BCUT2D eigenvalue weighted by Gasteiger charge is -2.35. The summed E-state index contributed by atoms with van der Waals surface area (Å²) in [5.74, 6) is 0.300. The first-order valence-corrected chi connectivity index (χ1v) is 13.3. The number of benzene rings is 1. The molecule has 0 saturated carbocycles. The van der Waals surface area contributed by atoms with Gasteiger partial charge >= 0.3 is 12.2 Å². The Morgan fingerprint density at radius 2 is 1.93 bits per heavy atom. The monoisotopic (exact) mass is 575 g/mol. The zero-order valence-corrected chi connectivity index (χ0v) is 22.7. The molecule has 2 aromatic heterocycles. The van der Waals surface area contributed by atoms with Gasteiger partial charge in [-0.25, -0.2) is 4.98 Å². The smallest absolute Gasteiger partial charge is 0.418 e. The van der Waals surface area contributed by atoms with E-state index in [1.165, 1.54) is 12.1 Å². The molecule has 0 bridgehead atoms. The molecule has 5 rings (SSSR count).